The van der Waals surface area contributed by atoms with Gasteiger partial charge in [0.15, 0.2) is 0 Å². The number of benzene rings is 2. The zero-order valence-corrected chi connectivity index (χ0v) is 13.4. The normalized spacial score (nSPS) is 11.8. The summed E-state index contributed by atoms with van der Waals surface area (Å²) < 4.78 is 5.07. The number of carbonyl (C=O) groups is 2. The number of aliphatic carboxylic acids is 1. The van der Waals surface area contributed by atoms with E-state index in [1.165, 1.54) is 0 Å². The molecule has 0 saturated heterocycles. The molecule has 1 heterocycles. The van der Waals surface area contributed by atoms with Gasteiger partial charge in [-0.2, -0.15) is 0 Å². The number of aromatic nitrogens is 1. The number of rotatable bonds is 6. The Balaban J connectivity index is 1.63. The number of hydrogen-bond acceptors (Lipinski definition) is 4. The second kappa shape index (κ2) is 7.53. The van der Waals surface area contributed by atoms with E-state index >= 15 is 0 Å². The van der Waals surface area contributed by atoms with Crippen LogP contribution < -0.4 is 10.4 Å². The van der Waals surface area contributed by atoms with Gasteiger partial charge in [0.05, 0.1) is 12.0 Å². The number of carbonyl (C=O) groups excluding carboxylic acids is 2. The van der Waals surface area contributed by atoms with E-state index in [2.05, 4.69) is 10.3 Å². The maximum atomic E-state index is 11.9. The molecule has 2 aromatic carbocycles. The third kappa shape index (κ3) is 4.17. The molecule has 0 spiro atoms. The fraction of sp³-hybridized carbons (Fsp3) is 0.158. The Kier molecular flexibility index (Phi) is 4.99. The molecule has 6 heteroatoms. The molecule has 1 unspecified atom stereocenters. The lowest BCUT2D eigenvalue weighted by molar-refractivity contribution is -0.308. The molecule has 0 aliphatic carbocycles. The maximum absolute atomic E-state index is 11.9. The lowest BCUT2D eigenvalue weighted by Gasteiger charge is -2.19. The highest BCUT2D eigenvalue weighted by Crippen LogP contribution is 2.19. The highest BCUT2D eigenvalue weighted by Gasteiger charge is 2.17. The van der Waals surface area contributed by atoms with Gasteiger partial charge >= 0.3 is 6.09 Å². The van der Waals surface area contributed by atoms with Gasteiger partial charge in [-0.1, -0.05) is 48.5 Å². The Bertz CT molecular complexity index is 873. The van der Waals surface area contributed by atoms with Crippen molar-refractivity contribution in [3.63, 3.8) is 0 Å². The quantitative estimate of drug-likeness (QED) is 0.716. The molecule has 0 aliphatic heterocycles. The van der Waals surface area contributed by atoms with Gasteiger partial charge in [-0.15, -0.1) is 0 Å². The minimum absolute atomic E-state index is 0.0690. The van der Waals surface area contributed by atoms with Gasteiger partial charge in [-0.25, -0.2) is 4.79 Å². The molecule has 0 aliphatic rings. The molecule has 1 atom stereocenters. The standard InChI is InChI=1S/C19H18N2O4/c22-18(23)17(10-14-11-20-16-9-5-4-8-15(14)16)21-19(24)25-12-13-6-2-1-3-7-13/h1-9,11,17,20H,10,12H2,(H,21,24)(H,22,23)/p-1. The Labute approximate surface area is 144 Å². The van der Waals surface area contributed by atoms with Gasteiger partial charge in [0.1, 0.15) is 6.61 Å². The van der Waals surface area contributed by atoms with E-state index in [4.69, 9.17) is 4.74 Å². The number of nitrogens with one attached hydrogen (secondary N) is 2. The predicted molar refractivity (Wildman–Crippen MR) is 90.6 cm³/mol. The van der Waals surface area contributed by atoms with Gasteiger partial charge in [-0.05, 0) is 17.2 Å². The zero-order chi connectivity index (χ0) is 17.6. The largest absolute Gasteiger partial charge is 0.548 e. The van der Waals surface area contributed by atoms with E-state index in [1.54, 1.807) is 6.20 Å². The average molecular weight is 337 g/mol. The third-order valence-corrected chi connectivity index (χ3v) is 3.89. The second-order valence-electron chi connectivity index (χ2n) is 5.64. The number of H-pyrrole nitrogens is 1. The van der Waals surface area contributed by atoms with Crippen molar-refractivity contribution in [2.45, 2.75) is 19.1 Å². The SMILES string of the molecule is O=C(NC(Cc1c[nH]c2ccccc12)C(=O)[O-])OCc1ccccc1. The molecule has 0 fully saturated rings. The fourth-order valence-electron chi connectivity index (χ4n) is 2.62. The van der Waals surface area contributed by atoms with Crippen LogP contribution in [0.5, 0.6) is 0 Å². The van der Waals surface area contributed by atoms with Crippen molar-refractivity contribution in [2.24, 2.45) is 0 Å². The molecule has 0 saturated carbocycles. The molecule has 3 aromatic rings. The van der Waals surface area contributed by atoms with Crippen LogP contribution in [-0.4, -0.2) is 23.1 Å². The van der Waals surface area contributed by atoms with E-state index in [0.29, 0.717) is 0 Å². The highest BCUT2D eigenvalue weighted by molar-refractivity contribution is 5.85. The number of ether oxygens (including phenoxy) is 1. The monoisotopic (exact) mass is 337 g/mol. The number of carboxylic acid groups (broad SMARTS) is 1. The summed E-state index contributed by atoms with van der Waals surface area (Å²) in [6.07, 6.45) is 1.04. The number of fused-ring (bicyclic) bond motifs is 1. The first kappa shape index (κ1) is 16.6. The van der Waals surface area contributed by atoms with Crippen LogP contribution >= 0.6 is 0 Å². The van der Waals surface area contributed by atoms with E-state index in [-0.39, 0.29) is 13.0 Å². The van der Waals surface area contributed by atoms with E-state index in [9.17, 15) is 14.7 Å². The molecule has 3 rings (SSSR count). The first-order valence-electron chi connectivity index (χ1n) is 7.86. The van der Waals surface area contributed by atoms with Gasteiger partial charge in [0, 0.05) is 23.5 Å². The molecule has 0 bridgehead atoms. The first-order valence-corrected chi connectivity index (χ1v) is 7.86. The molecule has 25 heavy (non-hydrogen) atoms. The van der Waals surface area contributed by atoms with Gasteiger partial charge in [-0.3, -0.25) is 0 Å². The highest BCUT2D eigenvalue weighted by atomic mass is 16.5. The topological polar surface area (TPSA) is 94.2 Å². The molecule has 0 radical (unpaired) electrons. The summed E-state index contributed by atoms with van der Waals surface area (Å²) in [7, 11) is 0. The molecule has 2 N–H and O–H groups in total. The van der Waals surface area contributed by atoms with Crippen LogP contribution in [0.25, 0.3) is 10.9 Å². The average Bonchev–Trinajstić information content (AvgIpc) is 3.03. The van der Waals surface area contributed by atoms with E-state index < -0.39 is 18.1 Å². The Hall–Kier alpha value is -3.28. The van der Waals surface area contributed by atoms with Gasteiger partial charge < -0.3 is 24.9 Å². The van der Waals surface area contributed by atoms with Crippen molar-refractivity contribution < 1.29 is 19.4 Å². The van der Waals surface area contributed by atoms with Crippen molar-refractivity contribution in [1.82, 2.24) is 10.3 Å². The summed E-state index contributed by atoms with van der Waals surface area (Å²) in [5, 5.41) is 14.6. The summed E-state index contributed by atoms with van der Waals surface area (Å²) in [5.41, 5.74) is 2.51. The molecular weight excluding hydrogens is 320 g/mol. The van der Waals surface area contributed by atoms with Crippen LogP contribution in [0.15, 0.2) is 60.8 Å². The van der Waals surface area contributed by atoms with Crippen molar-refractivity contribution in [1.29, 1.82) is 0 Å². The van der Waals surface area contributed by atoms with Gasteiger partial charge in [0.25, 0.3) is 0 Å². The van der Waals surface area contributed by atoms with Crippen LogP contribution in [0, 0.1) is 0 Å². The lowest BCUT2D eigenvalue weighted by atomic mass is 10.1. The fourth-order valence-corrected chi connectivity index (χ4v) is 2.62. The third-order valence-electron chi connectivity index (χ3n) is 3.89. The molecule has 6 nitrogen and oxygen atoms in total. The van der Waals surface area contributed by atoms with E-state index in [0.717, 1.165) is 22.0 Å². The predicted octanol–water partition coefficient (Wildman–Crippen LogP) is 1.76. The van der Waals surface area contributed by atoms with Gasteiger partial charge in [0.2, 0.25) is 0 Å². The summed E-state index contributed by atoms with van der Waals surface area (Å²) in [6.45, 7) is 0.0690. The number of amides is 1. The Morgan fingerprint density at radius 1 is 1.08 bits per heavy atom. The molecule has 128 valence electrons. The summed E-state index contributed by atoms with van der Waals surface area (Å²) >= 11 is 0. The van der Waals surface area contributed by atoms with Crippen LogP contribution in [0.1, 0.15) is 11.1 Å². The van der Waals surface area contributed by atoms with Crippen LogP contribution in [0.4, 0.5) is 4.79 Å². The van der Waals surface area contributed by atoms with Crippen molar-refractivity contribution >= 4 is 23.0 Å². The van der Waals surface area contributed by atoms with Crippen molar-refractivity contribution in [3.8, 4) is 0 Å². The van der Waals surface area contributed by atoms with Crippen LogP contribution in [-0.2, 0) is 22.6 Å². The number of alkyl carbamates (subject to hydrolysis) is 1. The first-order chi connectivity index (χ1) is 12.1. The number of aromatic amines is 1. The molecule has 1 aromatic heterocycles. The van der Waals surface area contributed by atoms with Crippen LogP contribution in [0.2, 0.25) is 0 Å². The Morgan fingerprint density at radius 2 is 1.80 bits per heavy atom. The number of carboxylic acids is 1. The molecular formula is C19H17N2O4-. The Morgan fingerprint density at radius 3 is 2.56 bits per heavy atom. The van der Waals surface area contributed by atoms with E-state index in [1.807, 2.05) is 54.6 Å². The maximum Gasteiger partial charge on any atom is 0.408 e. The zero-order valence-electron chi connectivity index (χ0n) is 13.4. The number of hydrogen-bond donors (Lipinski definition) is 2. The summed E-state index contributed by atoms with van der Waals surface area (Å²) in [6, 6.07) is 15.5. The lowest BCUT2D eigenvalue weighted by Crippen LogP contribution is -2.49. The smallest absolute Gasteiger partial charge is 0.408 e. The summed E-state index contributed by atoms with van der Waals surface area (Å²) in [5.74, 6) is -1.36. The van der Waals surface area contributed by atoms with Crippen LogP contribution in [0.3, 0.4) is 0 Å². The minimum Gasteiger partial charge on any atom is -0.548 e. The summed E-state index contributed by atoms with van der Waals surface area (Å²) in [4.78, 5) is 26.3. The van der Waals surface area contributed by atoms with Crippen molar-refractivity contribution in [2.75, 3.05) is 0 Å². The minimum atomic E-state index is -1.36. The molecule has 1 amide bonds. The van der Waals surface area contributed by atoms with Crippen molar-refractivity contribution in [3.05, 3.63) is 71.9 Å². The second-order valence-corrected chi connectivity index (χ2v) is 5.64. The number of para-hydroxylation sites is 1.